The fraction of sp³-hybridized carbons (Fsp3) is 0.778. The molecule has 0 aromatic rings. The van der Waals surface area contributed by atoms with Crippen LogP contribution in [0.15, 0.2) is 0 Å². The molecule has 0 spiro atoms. The molecule has 4 nitrogen and oxygen atoms in total. The molecule has 0 radical (unpaired) electrons. The molecular formula is C9H15N3O. The molecule has 13 heavy (non-hydrogen) atoms. The van der Waals surface area contributed by atoms with Crippen LogP contribution in [0.3, 0.4) is 0 Å². The first-order valence-electron chi connectivity index (χ1n) is 4.69. The van der Waals surface area contributed by atoms with E-state index < -0.39 is 6.04 Å². The molecule has 0 aliphatic heterocycles. The SMILES string of the molecule is CCC[C@H](N)C(=O)N(C#N)C1CC1. The van der Waals surface area contributed by atoms with E-state index in [9.17, 15) is 4.79 Å². The molecule has 4 heteroatoms. The lowest BCUT2D eigenvalue weighted by Crippen LogP contribution is -2.42. The number of carbonyl (C=O) groups is 1. The summed E-state index contributed by atoms with van der Waals surface area (Å²) in [5, 5.41) is 8.72. The quantitative estimate of drug-likeness (QED) is 0.509. The van der Waals surface area contributed by atoms with E-state index in [2.05, 4.69) is 0 Å². The van der Waals surface area contributed by atoms with E-state index >= 15 is 0 Å². The molecule has 1 atom stereocenters. The van der Waals surface area contributed by atoms with Gasteiger partial charge in [-0.15, -0.1) is 0 Å². The van der Waals surface area contributed by atoms with Crippen molar-refractivity contribution >= 4 is 5.91 Å². The minimum atomic E-state index is -0.495. The maximum Gasteiger partial charge on any atom is 0.252 e. The van der Waals surface area contributed by atoms with Crippen molar-refractivity contribution in [1.29, 1.82) is 5.26 Å². The summed E-state index contributed by atoms with van der Waals surface area (Å²) in [6, 6.07) is -0.356. The fourth-order valence-electron chi connectivity index (χ4n) is 1.26. The summed E-state index contributed by atoms with van der Waals surface area (Å²) in [6.45, 7) is 1.97. The molecule has 1 amide bonds. The maximum absolute atomic E-state index is 11.5. The molecule has 1 rings (SSSR count). The highest BCUT2D eigenvalue weighted by atomic mass is 16.2. The van der Waals surface area contributed by atoms with Crippen LogP contribution in [0.25, 0.3) is 0 Å². The van der Waals surface area contributed by atoms with Crippen LogP contribution in [0, 0.1) is 11.5 Å². The Bertz CT molecular complexity index is 230. The van der Waals surface area contributed by atoms with Gasteiger partial charge in [0.2, 0.25) is 0 Å². The number of nitrogens with zero attached hydrogens (tertiary/aromatic N) is 2. The van der Waals surface area contributed by atoms with Crippen LogP contribution < -0.4 is 5.73 Å². The summed E-state index contributed by atoms with van der Waals surface area (Å²) in [4.78, 5) is 12.8. The van der Waals surface area contributed by atoms with Crippen LogP contribution in [0.1, 0.15) is 32.6 Å². The zero-order chi connectivity index (χ0) is 9.84. The second-order valence-corrected chi connectivity index (χ2v) is 3.43. The molecule has 72 valence electrons. The Labute approximate surface area is 78.3 Å². The van der Waals surface area contributed by atoms with E-state index in [1.165, 1.54) is 4.90 Å². The average molecular weight is 181 g/mol. The van der Waals surface area contributed by atoms with Crippen molar-refractivity contribution < 1.29 is 4.79 Å². The van der Waals surface area contributed by atoms with Crippen molar-refractivity contribution in [2.75, 3.05) is 0 Å². The summed E-state index contributed by atoms with van der Waals surface area (Å²) in [6.07, 6.45) is 5.32. The molecule has 0 heterocycles. The van der Waals surface area contributed by atoms with Crippen LogP contribution >= 0.6 is 0 Å². The van der Waals surface area contributed by atoms with E-state index in [-0.39, 0.29) is 11.9 Å². The Kier molecular flexibility index (Phi) is 3.26. The Hall–Kier alpha value is -1.08. The Morgan fingerprint density at radius 2 is 2.38 bits per heavy atom. The van der Waals surface area contributed by atoms with E-state index in [1.807, 2.05) is 13.1 Å². The largest absolute Gasteiger partial charge is 0.320 e. The summed E-state index contributed by atoms with van der Waals surface area (Å²) in [7, 11) is 0. The summed E-state index contributed by atoms with van der Waals surface area (Å²) in [5.74, 6) is -0.216. The van der Waals surface area contributed by atoms with Gasteiger partial charge in [0, 0.05) is 6.04 Å². The lowest BCUT2D eigenvalue weighted by atomic mass is 10.1. The van der Waals surface area contributed by atoms with Gasteiger partial charge in [-0.2, -0.15) is 5.26 Å². The van der Waals surface area contributed by atoms with Crippen LogP contribution in [-0.2, 0) is 4.79 Å². The second kappa shape index (κ2) is 4.24. The Morgan fingerprint density at radius 3 is 2.77 bits per heavy atom. The predicted octanol–water partition coefficient (Wildman–Crippen LogP) is 0.586. The topological polar surface area (TPSA) is 70.1 Å². The van der Waals surface area contributed by atoms with Gasteiger partial charge in [-0.3, -0.25) is 4.79 Å². The average Bonchev–Trinajstić information content (AvgIpc) is 2.90. The van der Waals surface area contributed by atoms with Crippen molar-refractivity contribution in [3.63, 3.8) is 0 Å². The van der Waals surface area contributed by atoms with Crippen LogP contribution in [0.5, 0.6) is 0 Å². The van der Waals surface area contributed by atoms with E-state index in [4.69, 9.17) is 11.0 Å². The number of amides is 1. The van der Waals surface area contributed by atoms with Crippen molar-refractivity contribution in [2.24, 2.45) is 5.73 Å². The van der Waals surface area contributed by atoms with Crippen LogP contribution in [-0.4, -0.2) is 22.9 Å². The van der Waals surface area contributed by atoms with Gasteiger partial charge < -0.3 is 5.73 Å². The van der Waals surface area contributed by atoms with Crippen LogP contribution in [0.4, 0.5) is 0 Å². The molecule has 0 bridgehead atoms. The number of hydrogen-bond donors (Lipinski definition) is 1. The third kappa shape index (κ3) is 2.43. The molecule has 0 unspecified atom stereocenters. The number of nitrogens with two attached hydrogens (primary N) is 1. The fourth-order valence-corrected chi connectivity index (χ4v) is 1.26. The van der Waals surface area contributed by atoms with Crippen molar-refractivity contribution in [2.45, 2.75) is 44.7 Å². The molecule has 2 N–H and O–H groups in total. The first-order valence-corrected chi connectivity index (χ1v) is 4.69. The molecule has 0 saturated heterocycles. The number of carbonyl (C=O) groups excluding carboxylic acids is 1. The zero-order valence-corrected chi connectivity index (χ0v) is 7.86. The van der Waals surface area contributed by atoms with Gasteiger partial charge >= 0.3 is 0 Å². The first-order chi connectivity index (χ1) is 6.20. The number of nitriles is 1. The molecule has 1 aliphatic rings. The summed E-state index contributed by atoms with van der Waals surface area (Å²) >= 11 is 0. The molecular weight excluding hydrogens is 166 g/mol. The lowest BCUT2D eigenvalue weighted by molar-refractivity contribution is -0.130. The third-order valence-corrected chi connectivity index (χ3v) is 2.17. The minimum Gasteiger partial charge on any atom is -0.320 e. The summed E-state index contributed by atoms with van der Waals surface area (Å²) in [5.41, 5.74) is 5.63. The van der Waals surface area contributed by atoms with Gasteiger partial charge in [0.1, 0.15) is 0 Å². The third-order valence-electron chi connectivity index (χ3n) is 2.17. The van der Waals surface area contributed by atoms with Gasteiger partial charge in [-0.05, 0) is 19.3 Å². The highest BCUT2D eigenvalue weighted by molar-refractivity contribution is 5.83. The smallest absolute Gasteiger partial charge is 0.252 e. The van der Waals surface area contributed by atoms with Gasteiger partial charge in [0.05, 0.1) is 6.04 Å². The number of hydrogen-bond acceptors (Lipinski definition) is 3. The lowest BCUT2D eigenvalue weighted by Gasteiger charge is -2.16. The zero-order valence-electron chi connectivity index (χ0n) is 7.86. The highest BCUT2D eigenvalue weighted by Crippen LogP contribution is 2.26. The standard InChI is InChI=1S/C9H15N3O/c1-2-3-8(11)9(13)12(6-10)7-4-5-7/h7-8H,2-5,11H2,1H3/t8-/m0/s1. The normalized spacial score (nSPS) is 17.6. The highest BCUT2D eigenvalue weighted by Gasteiger charge is 2.34. The van der Waals surface area contributed by atoms with E-state index in [1.54, 1.807) is 0 Å². The van der Waals surface area contributed by atoms with Crippen molar-refractivity contribution in [3.05, 3.63) is 0 Å². The van der Waals surface area contributed by atoms with Crippen LogP contribution in [0.2, 0.25) is 0 Å². The predicted molar refractivity (Wildman–Crippen MR) is 48.4 cm³/mol. The minimum absolute atomic E-state index is 0.139. The van der Waals surface area contributed by atoms with Gasteiger partial charge in [0.15, 0.2) is 6.19 Å². The Balaban J connectivity index is 2.48. The van der Waals surface area contributed by atoms with Crippen molar-refractivity contribution in [1.82, 2.24) is 4.90 Å². The molecule has 0 aromatic carbocycles. The number of rotatable bonds is 4. The maximum atomic E-state index is 11.5. The molecule has 1 saturated carbocycles. The Morgan fingerprint density at radius 1 is 1.77 bits per heavy atom. The van der Waals surface area contributed by atoms with Crippen molar-refractivity contribution in [3.8, 4) is 6.19 Å². The summed E-state index contributed by atoms with van der Waals surface area (Å²) < 4.78 is 0. The molecule has 1 aliphatic carbocycles. The first kappa shape index (κ1) is 10.0. The van der Waals surface area contributed by atoms with E-state index in [0.29, 0.717) is 6.42 Å². The monoisotopic (exact) mass is 181 g/mol. The van der Waals surface area contributed by atoms with Gasteiger partial charge in [-0.1, -0.05) is 13.3 Å². The molecule has 1 fully saturated rings. The second-order valence-electron chi connectivity index (χ2n) is 3.43. The van der Waals surface area contributed by atoms with E-state index in [0.717, 1.165) is 19.3 Å². The molecule has 0 aromatic heterocycles. The van der Waals surface area contributed by atoms with Gasteiger partial charge in [0.25, 0.3) is 5.91 Å². The van der Waals surface area contributed by atoms with Gasteiger partial charge in [-0.25, -0.2) is 4.90 Å².